The SMILES string of the molecule is CN(Cc1ccncc1)C(=O)c1ccccc1OC1CCC1. The minimum absolute atomic E-state index is 0.0215. The number of para-hydroxylation sites is 1. The second-order valence-electron chi connectivity index (χ2n) is 5.68. The zero-order chi connectivity index (χ0) is 15.4. The summed E-state index contributed by atoms with van der Waals surface area (Å²) >= 11 is 0. The molecule has 1 fully saturated rings. The zero-order valence-corrected chi connectivity index (χ0v) is 12.7. The van der Waals surface area contributed by atoms with Crippen LogP contribution in [-0.2, 0) is 6.54 Å². The molecular formula is C18H20N2O2. The van der Waals surface area contributed by atoms with E-state index in [1.807, 2.05) is 43.4 Å². The molecule has 1 heterocycles. The van der Waals surface area contributed by atoms with Gasteiger partial charge < -0.3 is 9.64 Å². The Morgan fingerprint density at radius 2 is 1.95 bits per heavy atom. The summed E-state index contributed by atoms with van der Waals surface area (Å²) in [7, 11) is 1.81. The molecule has 0 spiro atoms. The van der Waals surface area contributed by atoms with E-state index in [4.69, 9.17) is 4.74 Å². The lowest BCUT2D eigenvalue weighted by molar-refractivity contribution is 0.0766. The largest absolute Gasteiger partial charge is 0.490 e. The summed E-state index contributed by atoms with van der Waals surface area (Å²) in [6.45, 7) is 0.555. The Bertz CT molecular complexity index is 639. The highest BCUT2D eigenvalue weighted by Crippen LogP contribution is 2.28. The number of nitrogens with zero attached hydrogens (tertiary/aromatic N) is 2. The summed E-state index contributed by atoms with van der Waals surface area (Å²) in [4.78, 5) is 18.4. The van der Waals surface area contributed by atoms with Gasteiger partial charge in [-0.1, -0.05) is 12.1 Å². The van der Waals surface area contributed by atoms with Crippen LogP contribution in [0.5, 0.6) is 5.75 Å². The van der Waals surface area contributed by atoms with Gasteiger partial charge in [-0.25, -0.2) is 0 Å². The summed E-state index contributed by atoms with van der Waals surface area (Å²) in [6.07, 6.45) is 7.11. The van der Waals surface area contributed by atoms with Crippen LogP contribution in [-0.4, -0.2) is 28.9 Å². The van der Waals surface area contributed by atoms with Gasteiger partial charge >= 0.3 is 0 Å². The fourth-order valence-electron chi connectivity index (χ4n) is 2.45. The van der Waals surface area contributed by atoms with E-state index in [2.05, 4.69) is 4.98 Å². The van der Waals surface area contributed by atoms with E-state index in [1.165, 1.54) is 6.42 Å². The lowest BCUT2D eigenvalue weighted by Crippen LogP contribution is -2.29. The van der Waals surface area contributed by atoms with Gasteiger partial charge in [-0.15, -0.1) is 0 Å². The van der Waals surface area contributed by atoms with Crippen molar-refractivity contribution in [3.63, 3.8) is 0 Å². The predicted molar refractivity (Wildman–Crippen MR) is 84.7 cm³/mol. The van der Waals surface area contributed by atoms with E-state index in [1.54, 1.807) is 17.3 Å². The van der Waals surface area contributed by atoms with Gasteiger partial charge in [-0.05, 0) is 49.1 Å². The van der Waals surface area contributed by atoms with Gasteiger partial charge in [-0.2, -0.15) is 0 Å². The van der Waals surface area contributed by atoms with Crippen LogP contribution in [0.2, 0.25) is 0 Å². The van der Waals surface area contributed by atoms with Crippen LogP contribution < -0.4 is 4.74 Å². The number of hydrogen-bond donors (Lipinski definition) is 0. The molecule has 0 aliphatic heterocycles. The first-order valence-electron chi connectivity index (χ1n) is 7.64. The molecule has 1 aliphatic rings. The minimum atomic E-state index is -0.0215. The molecule has 0 unspecified atom stereocenters. The number of amides is 1. The third-order valence-electron chi connectivity index (χ3n) is 3.98. The second-order valence-corrected chi connectivity index (χ2v) is 5.68. The maximum absolute atomic E-state index is 12.7. The Morgan fingerprint density at radius 3 is 2.64 bits per heavy atom. The molecule has 0 radical (unpaired) electrons. The van der Waals surface area contributed by atoms with Crippen molar-refractivity contribution in [3.05, 3.63) is 59.9 Å². The number of pyridine rings is 1. The number of ether oxygens (including phenoxy) is 1. The monoisotopic (exact) mass is 296 g/mol. The summed E-state index contributed by atoms with van der Waals surface area (Å²) in [5, 5.41) is 0. The van der Waals surface area contributed by atoms with Crippen LogP contribution in [0.1, 0.15) is 35.2 Å². The van der Waals surface area contributed by atoms with Crippen molar-refractivity contribution < 1.29 is 9.53 Å². The van der Waals surface area contributed by atoms with E-state index >= 15 is 0 Å². The number of carbonyl (C=O) groups is 1. The molecule has 4 heteroatoms. The van der Waals surface area contributed by atoms with E-state index in [0.29, 0.717) is 17.9 Å². The average molecular weight is 296 g/mol. The molecule has 114 valence electrons. The number of hydrogen-bond acceptors (Lipinski definition) is 3. The molecule has 2 aromatic rings. The van der Waals surface area contributed by atoms with Crippen molar-refractivity contribution >= 4 is 5.91 Å². The van der Waals surface area contributed by atoms with Crippen LogP contribution in [0.3, 0.4) is 0 Å². The van der Waals surface area contributed by atoms with Crippen molar-refractivity contribution in [1.82, 2.24) is 9.88 Å². The Morgan fingerprint density at radius 1 is 1.23 bits per heavy atom. The predicted octanol–water partition coefficient (Wildman–Crippen LogP) is 3.29. The number of benzene rings is 1. The van der Waals surface area contributed by atoms with Gasteiger partial charge in [0.05, 0.1) is 11.7 Å². The van der Waals surface area contributed by atoms with Crippen LogP contribution >= 0.6 is 0 Å². The summed E-state index contributed by atoms with van der Waals surface area (Å²) < 4.78 is 5.95. The van der Waals surface area contributed by atoms with E-state index in [0.717, 1.165) is 18.4 Å². The third kappa shape index (κ3) is 3.27. The maximum Gasteiger partial charge on any atom is 0.257 e. The molecule has 0 atom stereocenters. The molecule has 0 bridgehead atoms. The Hall–Kier alpha value is -2.36. The van der Waals surface area contributed by atoms with Gasteiger partial charge in [0.1, 0.15) is 5.75 Å². The molecule has 1 aliphatic carbocycles. The fraction of sp³-hybridized carbons (Fsp3) is 0.333. The van der Waals surface area contributed by atoms with Crippen LogP contribution in [0.25, 0.3) is 0 Å². The van der Waals surface area contributed by atoms with Crippen molar-refractivity contribution in [2.75, 3.05) is 7.05 Å². The lowest BCUT2D eigenvalue weighted by Gasteiger charge is -2.28. The lowest BCUT2D eigenvalue weighted by atomic mass is 9.96. The number of rotatable bonds is 5. The Labute approximate surface area is 130 Å². The molecule has 1 aromatic heterocycles. The molecule has 0 N–H and O–H groups in total. The van der Waals surface area contributed by atoms with Gasteiger partial charge in [-0.3, -0.25) is 9.78 Å². The van der Waals surface area contributed by atoms with Crippen LogP contribution in [0.4, 0.5) is 0 Å². The highest BCUT2D eigenvalue weighted by Gasteiger charge is 2.23. The standard InChI is InChI=1S/C18H20N2O2/c1-20(13-14-9-11-19-12-10-14)18(21)16-7-2-3-8-17(16)22-15-5-4-6-15/h2-3,7-12,15H,4-6,13H2,1H3. The van der Waals surface area contributed by atoms with Gasteiger partial charge in [0, 0.05) is 26.0 Å². The molecular weight excluding hydrogens is 276 g/mol. The highest BCUT2D eigenvalue weighted by atomic mass is 16.5. The highest BCUT2D eigenvalue weighted by molar-refractivity contribution is 5.96. The molecule has 22 heavy (non-hydrogen) atoms. The number of aromatic nitrogens is 1. The van der Waals surface area contributed by atoms with Crippen LogP contribution in [0, 0.1) is 0 Å². The Kier molecular flexibility index (Phi) is 4.37. The van der Waals surface area contributed by atoms with Gasteiger partial charge in [0.2, 0.25) is 0 Å². The van der Waals surface area contributed by atoms with E-state index < -0.39 is 0 Å². The summed E-state index contributed by atoms with van der Waals surface area (Å²) in [5.74, 6) is 0.672. The molecule has 3 rings (SSSR count). The van der Waals surface area contributed by atoms with Gasteiger partial charge in [0.25, 0.3) is 5.91 Å². The third-order valence-corrected chi connectivity index (χ3v) is 3.98. The smallest absolute Gasteiger partial charge is 0.257 e. The van der Waals surface area contributed by atoms with Crippen molar-refractivity contribution in [2.45, 2.75) is 31.9 Å². The fourth-order valence-corrected chi connectivity index (χ4v) is 2.45. The van der Waals surface area contributed by atoms with Crippen molar-refractivity contribution in [3.8, 4) is 5.75 Å². The first-order chi connectivity index (χ1) is 10.7. The molecule has 1 amide bonds. The maximum atomic E-state index is 12.7. The molecule has 1 saturated carbocycles. The van der Waals surface area contributed by atoms with E-state index in [9.17, 15) is 4.79 Å². The molecule has 1 aromatic carbocycles. The second kappa shape index (κ2) is 6.60. The Balaban J connectivity index is 1.73. The quantitative estimate of drug-likeness (QED) is 0.850. The topological polar surface area (TPSA) is 42.4 Å². The van der Waals surface area contributed by atoms with E-state index in [-0.39, 0.29) is 12.0 Å². The van der Waals surface area contributed by atoms with Crippen molar-refractivity contribution in [1.29, 1.82) is 0 Å². The van der Waals surface area contributed by atoms with Gasteiger partial charge in [0.15, 0.2) is 0 Å². The first-order valence-corrected chi connectivity index (χ1v) is 7.64. The molecule has 4 nitrogen and oxygen atoms in total. The van der Waals surface area contributed by atoms with Crippen LogP contribution in [0.15, 0.2) is 48.8 Å². The van der Waals surface area contributed by atoms with Crippen molar-refractivity contribution in [2.24, 2.45) is 0 Å². The normalized spacial score (nSPS) is 14.2. The summed E-state index contributed by atoms with van der Waals surface area (Å²) in [6, 6.07) is 11.3. The summed E-state index contributed by atoms with van der Waals surface area (Å²) in [5.41, 5.74) is 1.69. The average Bonchev–Trinajstić information content (AvgIpc) is 2.51. The number of carbonyl (C=O) groups excluding carboxylic acids is 1. The molecule has 0 saturated heterocycles. The minimum Gasteiger partial charge on any atom is -0.490 e. The first kappa shape index (κ1) is 14.6. The zero-order valence-electron chi connectivity index (χ0n) is 12.7.